The van der Waals surface area contributed by atoms with Gasteiger partial charge in [0, 0.05) is 32.0 Å². The second-order valence-electron chi connectivity index (χ2n) is 5.81. The summed E-state index contributed by atoms with van der Waals surface area (Å²) in [5.41, 5.74) is 1.74. The van der Waals surface area contributed by atoms with E-state index >= 15 is 0 Å². The predicted octanol–water partition coefficient (Wildman–Crippen LogP) is 3.23. The first-order valence-electron chi connectivity index (χ1n) is 8.03. The molecule has 1 aliphatic heterocycles. The van der Waals surface area contributed by atoms with Crippen molar-refractivity contribution in [3.8, 4) is 0 Å². The summed E-state index contributed by atoms with van der Waals surface area (Å²) in [5, 5.41) is 0. The quantitative estimate of drug-likeness (QED) is 0.867. The zero-order valence-corrected chi connectivity index (χ0v) is 13.5. The van der Waals surface area contributed by atoms with Crippen molar-refractivity contribution in [2.45, 2.75) is 26.3 Å². The van der Waals surface area contributed by atoms with Crippen molar-refractivity contribution in [2.75, 3.05) is 18.0 Å². The number of aromatic nitrogens is 2. The van der Waals surface area contributed by atoms with E-state index < -0.39 is 11.6 Å². The maximum atomic E-state index is 13.3. The minimum absolute atomic E-state index is 0.0759. The Kier molecular flexibility index (Phi) is 4.74. The summed E-state index contributed by atoms with van der Waals surface area (Å²) in [6.07, 6.45) is 6.75. The molecule has 0 bridgehead atoms. The number of hydrogen-bond donors (Lipinski definition) is 0. The first kappa shape index (κ1) is 16.4. The maximum absolute atomic E-state index is 13.3. The highest BCUT2D eigenvalue weighted by molar-refractivity contribution is 5.54. The third-order valence-electron chi connectivity index (χ3n) is 4.26. The lowest BCUT2D eigenvalue weighted by Crippen LogP contribution is -2.37. The third kappa shape index (κ3) is 3.37. The van der Waals surface area contributed by atoms with Crippen molar-refractivity contribution in [1.82, 2.24) is 9.55 Å². The number of anilines is 1. The van der Waals surface area contributed by atoms with E-state index in [1.54, 1.807) is 23.0 Å². The Hall–Kier alpha value is -2.50. The second-order valence-corrected chi connectivity index (χ2v) is 5.81. The molecule has 2 aromatic rings. The molecule has 24 heavy (non-hydrogen) atoms. The molecule has 0 saturated carbocycles. The molecule has 1 aromatic carbocycles. The number of nitrogens with zero attached hydrogens (tertiary/aromatic N) is 3. The second kappa shape index (κ2) is 6.95. The monoisotopic (exact) mass is 331 g/mol. The van der Waals surface area contributed by atoms with Crippen molar-refractivity contribution in [3.05, 3.63) is 63.7 Å². The van der Waals surface area contributed by atoms with Gasteiger partial charge in [0.15, 0.2) is 17.5 Å². The lowest BCUT2D eigenvalue weighted by atomic mass is 10.0. The number of aryl methyl sites for hydroxylation is 1. The molecule has 0 N–H and O–H groups in total. The Labute approximate surface area is 139 Å². The summed E-state index contributed by atoms with van der Waals surface area (Å²) < 4.78 is 27.9. The van der Waals surface area contributed by atoms with Crippen LogP contribution in [0.5, 0.6) is 0 Å². The lowest BCUT2D eigenvalue weighted by Gasteiger charge is -2.29. The fourth-order valence-electron chi connectivity index (χ4n) is 2.89. The molecule has 1 fully saturated rings. The SMILES string of the molecule is CCn1ccnc(N2CCC(=Cc3ccc(F)c(F)c3)CC2)c1=O. The standard InChI is InChI=1S/C18H19F2N3O/c1-2-22-10-7-21-17(18(22)24)23-8-5-13(6-9-23)11-14-3-4-15(19)16(20)12-14/h3-4,7,10-12H,2,5-6,8-9H2,1H3. The fraction of sp³-hybridized carbons (Fsp3) is 0.333. The van der Waals surface area contributed by atoms with E-state index in [9.17, 15) is 13.6 Å². The van der Waals surface area contributed by atoms with E-state index in [2.05, 4.69) is 4.98 Å². The Bertz CT molecular complexity index is 819. The molecule has 4 nitrogen and oxygen atoms in total. The minimum Gasteiger partial charge on any atom is -0.351 e. The number of halogens is 2. The summed E-state index contributed by atoms with van der Waals surface area (Å²) in [6.45, 7) is 3.91. The minimum atomic E-state index is -0.839. The molecule has 0 radical (unpaired) electrons. The first-order chi connectivity index (χ1) is 11.6. The molecule has 1 aliphatic rings. The van der Waals surface area contributed by atoms with Crippen LogP contribution >= 0.6 is 0 Å². The molecule has 6 heteroatoms. The Morgan fingerprint density at radius 1 is 1.21 bits per heavy atom. The molecule has 3 rings (SSSR count). The van der Waals surface area contributed by atoms with Gasteiger partial charge in [-0.05, 0) is 37.5 Å². The van der Waals surface area contributed by atoms with E-state index in [1.165, 1.54) is 6.07 Å². The topological polar surface area (TPSA) is 38.1 Å². The first-order valence-corrected chi connectivity index (χ1v) is 8.03. The van der Waals surface area contributed by atoms with Gasteiger partial charge in [0.1, 0.15) is 0 Å². The molecule has 1 saturated heterocycles. The highest BCUT2D eigenvalue weighted by atomic mass is 19.2. The van der Waals surface area contributed by atoms with Gasteiger partial charge in [0.05, 0.1) is 0 Å². The number of hydrogen-bond acceptors (Lipinski definition) is 3. The molecule has 0 unspecified atom stereocenters. The van der Waals surface area contributed by atoms with Gasteiger partial charge < -0.3 is 9.47 Å². The predicted molar refractivity (Wildman–Crippen MR) is 90.0 cm³/mol. The lowest BCUT2D eigenvalue weighted by molar-refractivity contribution is 0.508. The number of piperidine rings is 1. The number of benzene rings is 1. The van der Waals surface area contributed by atoms with Gasteiger partial charge >= 0.3 is 0 Å². The van der Waals surface area contributed by atoms with E-state index in [0.29, 0.717) is 31.0 Å². The van der Waals surface area contributed by atoms with E-state index in [4.69, 9.17) is 0 Å². The van der Waals surface area contributed by atoms with Crippen molar-refractivity contribution in [1.29, 1.82) is 0 Å². The van der Waals surface area contributed by atoms with Gasteiger partial charge in [-0.25, -0.2) is 13.8 Å². The van der Waals surface area contributed by atoms with E-state index in [1.807, 2.05) is 17.9 Å². The smallest absolute Gasteiger partial charge is 0.293 e. The van der Waals surface area contributed by atoms with Crippen LogP contribution in [-0.4, -0.2) is 22.6 Å². The van der Waals surface area contributed by atoms with Gasteiger partial charge in [-0.3, -0.25) is 4.79 Å². The van der Waals surface area contributed by atoms with Crippen molar-refractivity contribution in [2.24, 2.45) is 0 Å². The zero-order chi connectivity index (χ0) is 17.1. The van der Waals surface area contributed by atoms with Crippen LogP contribution in [0.25, 0.3) is 6.08 Å². The van der Waals surface area contributed by atoms with Gasteiger partial charge in [0.2, 0.25) is 0 Å². The summed E-state index contributed by atoms with van der Waals surface area (Å²) in [6, 6.07) is 3.90. The van der Waals surface area contributed by atoms with Crippen LogP contribution in [0.3, 0.4) is 0 Å². The van der Waals surface area contributed by atoms with Crippen LogP contribution in [0, 0.1) is 11.6 Å². The number of rotatable bonds is 3. The van der Waals surface area contributed by atoms with Crippen LogP contribution in [0.1, 0.15) is 25.3 Å². The highest BCUT2D eigenvalue weighted by Crippen LogP contribution is 2.22. The summed E-state index contributed by atoms with van der Waals surface area (Å²) in [5.74, 6) is -1.20. The summed E-state index contributed by atoms with van der Waals surface area (Å²) >= 11 is 0. The molecule has 0 aliphatic carbocycles. The van der Waals surface area contributed by atoms with Crippen LogP contribution in [0.15, 0.2) is 41.0 Å². The van der Waals surface area contributed by atoms with Crippen LogP contribution in [0.4, 0.5) is 14.6 Å². The maximum Gasteiger partial charge on any atom is 0.293 e. The largest absolute Gasteiger partial charge is 0.351 e. The van der Waals surface area contributed by atoms with Crippen LogP contribution in [0.2, 0.25) is 0 Å². The molecule has 2 heterocycles. The van der Waals surface area contributed by atoms with Gasteiger partial charge in [-0.1, -0.05) is 17.7 Å². The Morgan fingerprint density at radius 2 is 1.96 bits per heavy atom. The molecule has 0 spiro atoms. The van der Waals surface area contributed by atoms with E-state index in [0.717, 1.165) is 24.5 Å². The molecule has 0 amide bonds. The average Bonchev–Trinajstić information content (AvgIpc) is 2.59. The summed E-state index contributed by atoms with van der Waals surface area (Å²) in [7, 11) is 0. The Morgan fingerprint density at radius 3 is 2.62 bits per heavy atom. The Balaban J connectivity index is 1.73. The molecule has 0 atom stereocenters. The molecule has 126 valence electrons. The highest BCUT2D eigenvalue weighted by Gasteiger charge is 2.18. The zero-order valence-electron chi connectivity index (χ0n) is 13.5. The van der Waals surface area contributed by atoms with Crippen molar-refractivity contribution in [3.63, 3.8) is 0 Å². The van der Waals surface area contributed by atoms with Crippen molar-refractivity contribution >= 4 is 11.9 Å². The van der Waals surface area contributed by atoms with Crippen LogP contribution in [-0.2, 0) is 6.54 Å². The molecular weight excluding hydrogens is 312 g/mol. The van der Waals surface area contributed by atoms with Gasteiger partial charge in [0.25, 0.3) is 5.56 Å². The third-order valence-corrected chi connectivity index (χ3v) is 4.26. The fourth-order valence-corrected chi connectivity index (χ4v) is 2.89. The van der Waals surface area contributed by atoms with Crippen molar-refractivity contribution < 1.29 is 8.78 Å². The summed E-state index contributed by atoms with van der Waals surface area (Å²) in [4.78, 5) is 18.5. The average molecular weight is 331 g/mol. The molecular formula is C18H19F2N3O. The normalized spacial score (nSPS) is 14.8. The van der Waals surface area contributed by atoms with Crippen LogP contribution < -0.4 is 10.5 Å². The van der Waals surface area contributed by atoms with E-state index in [-0.39, 0.29) is 5.56 Å². The van der Waals surface area contributed by atoms with Gasteiger partial charge in [-0.15, -0.1) is 0 Å². The van der Waals surface area contributed by atoms with Gasteiger partial charge in [-0.2, -0.15) is 0 Å². The molecule has 1 aromatic heterocycles.